The fourth-order valence-electron chi connectivity index (χ4n) is 4.48. The van der Waals surface area contributed by atoms with E-state index < -0.39 is 42.4 Å². The van der Waals surface area contributed by atoms with Crippen molar-refractivity contribution in [3.63, 3.8) is 0 Å². The molecule has 1 unspecified atom stereocenters. The number of benzene rings is 1. The third kappa shape index (κ3) is 6.75. The van der Waals surface area contributed by atoms with Gasteiger partial charge in [-0.2, -0.15) is 9.97 Å². The van der Waals surface area contributed by atoms with Gasteiger partial charge in [-0.25, -0.2) is 9.97 Å². The molecule has 3 aromatic heterocycles. The van der Waals surface area contributed by atoms with E-state index in [0.29, 0.717) is 22.7 Å². The molecule has 1 saturated heterocycles. The number of fused-ring (bicyclic) bond motifs is 2. The second-order valence-corrected chi connectivity index (χ2v) is 12.1. The highest BCUT2D eigenvalue weighted by molar-refractivity contribution is 8.01. The van der Waals surface area contributed by atoms with E-state index in [1.807, 2.05) is 31.2 Å². The van der Waals surface area contributed by atoms with Crippen LogP contribution in [0.1, 0.15) is 33.9 Å². The van der Waals surface area contributed by atoms with Crippen LogP contribution in [-0.2, 0) is 33.3 Å². The zero-order valence-corrected chi connectivity index (χ0v) is 25.4. The number of rotatable bonds is 10. The Labute approximate surface area is 253 Å². The Balaban J connectivity index is 1.39. The summed E-state index contributed by atoms with van der Waals surface area (Å²) >= 11 is 9.58. The molecule has 13 nitrogen and oxygen atoms in total. The number of halogens is 1. The lowest BCUT2D eigenvalue weighted by Crippen LogP contribution is -2.40. The van der Waals surface area contributed by atoms with E-state index in [9.17, 15) is 14.4 Å². The molecule has 1 aromatic carbocycles. The van der Waals surface area contributed by atoms with E-state index in [4.69, 9.17) is 30.5 Å². The van der Waals surface area contributed by atoms with Gasteiger partial charge in [0, 0.05) is 32.6 Å². The van der Waals surface area contributed by atoms with Gasteiger partial charge in [0.05, 0.1) is 16.5 Å². The fraction of sp³-hybridized carbons (Fsp3) is 0.423. The second-order valence-electron chi connectivity index (χ2n) is 9.48. The van der Waals surface area contributed by atoms with Crippen LogP contribution in [0.25, 0.3) is 21.4 Å². The van der Waals surface area contributed by atoms with Gasteiger partial charge in [-0.3, -0.25) is 19.0 Å². The maximum atomic E-state index is 12.0. The molecule has 0 saturated carbocycles. The number of thioether (sulfide) groups is 1. The van der Waals surface area contributed by atoms with Gasteiger partial charge in [0.15, 0.2) is 39.8 Å². The van der Waals surface area contributed by atoms with Crippen LogP contribution in [0.5, 0.6) is 0 Å². The number of thiazole rings is 1. The first-order chi connectivity index (χ1) is 20.1. The fourth-order valence-corrected chi connectivity index (χ4v) is 6.69. The average Bonchev–Trinajstić information content (AvgIpc) is 3.61. The van der Waals surface area contributed by atoms with Crippen LogP contribution in [0.2, 0.25) is 5.28 Å². The second kappa shape index (κ2) is 12.8. The average molecular weight is 635 g/mol. The summed E-state index contributed by atoms with van der Waals surface area (Å²) in [4.78, 5) is 53.3. The first kappa shape index (κ1) is 29.9. The number of carbonyl (C=O) groups is 3. The minimum atomic E-state index is -1.10. The number of carbonyl (C=O) groups excluding carboxylic acids is 3. The van der Waals surface area contributed by atoms with Crippen LogP contribution in [0, 0.1) is 0 Å². The third-order valence-corrected chi connectivity index (χ3v) is 8.73. The van der Waals surface area contributed by atoms with E-state index in [1.54, 1.807) is 23.1 Å². The predicted molar refractivity (Wildman–Crippen MR) is 155 cm³/mol. The Morgan fingerprint density at radius 1 is 1.10 bits per heavy atom. The van der Waals surface area contributed by atoms with Crippen molar-refractivity contribution in [3.05, 3.63) is 35.9 Å². The molecule has 222 valence electrons. The SMILES string of the molecule is CC(=O)OC[C@H]1O[C@@H](n2cnc3c(NC(C)CSc4nc5ccccc5s4)nc(Cl)nc32)[C@H](OC(C)=O)[C@@H]1OC(C)=O. The number of ether oxygens (including phenoxy) is 4. The summed E-state index contributed by atoms with van der Waals surface area (Å²) in [7, 11) is 0. The minimum Gasteiger partial charge on any atom is -0.463 e. The number of nitrogens with zero attached hydrogens (tertiary/aromatic N) is 5. The predicted octanol–water partition coefficient (Wildman–Crippen LogP) is 4.01. The van der Waals surface area contributed by atoms with Gasteiger partial charge in [0.1, 0.15) is 12.7 Å². The van der Waals surface area contributed by atoms with Gasteiger partial charge in [-0.15, -0.1) is 11.3 Å². The molecule has 0 amide bonds. The van der Waals surface area contributed by atoms with E-state index in [1.165, 1.54) is 31.7 Å². The van der Waals surface area contributed by atoms with Crippen LogP contribution in [-0.4, -0.2) is 79.1 Å². The molecule has 0 radical (unpaired) electrons. The summed E-state index contributed by atoms with van der Waals surface area (Å²) in [5.41, 5.74) is 1.65. The molecule has 5 rings (SSSR count). The van der Waals surface area contributed by atoms with Crippen molar-refractivity contribution in [3.8, 4) is 0 Å². The lowest BCUT2D eigenvalue weighted by molar-refractivity contribution is -0.166. The summed E-state index contributed by atoms with van der Waals surface area (Å²) in [5.74, 6) is -0.717. The molecule has 4 heterocycles. The quantitative estimate of drug-likeness (QED) is 0.116. The van der Waals surface area contributed by atoms with E-state index in [0.717, 1.165) is 14.6 Å². The van der Waals surface area contributed by atoms with Gasteiger partial charge in [-0.05, 0) is 30.7 Å². The first-order valence-corrected chi connectivity index (χ1v) is 15.0. The highest BCUT2D eigenvalue weighted by atomic mass is 35.5. The topological polar surface area (TPSA) is 157 Å². The standard InChI is InChI=1S/C26H27ClN6O7S2/c1-12(10-41-26-30-16-7-5-6-8-18(16)42-26)29-22-19-23(32-25(27)31-22)33(11-28-19)24-21(39-15(4)36)20(38-14(3)35)17(40-24)9-37-13(2)34/h5-8,11-12,17,20-21,24H,9-10H2,1-4H3,(H,29,31,32)/t12?,17-,20-,21-,24-/m1/s1. The number of hydrogen-bond donors (Lipinski definition) is 1. The molecular formula is C26H27ClN6O7S2. The molecule has 1 N–H and O–H groups in total. The zero-order valence-electron chi connectivity index (χ0n) is 23.0. The lowest BCUT2D eigenvalue weighted by atomic mass is 10.1. The van der Waals surface area contributed by atoms with E-state index in [-0.39, 0.29) is 17.9 Å². The molecule has 5 atom stereocenters. The Morgan fingerprint density at radius 3 is 2.55 bits per heavy atom. The van der Waals surface area contributed by atoms with Crippen molar-refractivity contribution in [2.75, 3.05) is 17.7 Å². The van der Waals surface area contributed by atoms with Crippen molar-refractivity contribution >= 4 is 79.8 Å². The van der Waals surface area contributed by atoms with Crippen molar-refractivity contribution in [2.45, 2.75) is 62.6 Å². The van der Waals surface area contributed by atoms with Gasteiger partial charge in [0.2, 0.25) is 5.28 Å². The van der Waals surface area contributed by atoms with Gasteiger partial charge in [0.25, 0.3) is 0 Å². The number of nitrogens with one attached hydrogen (secondary N) is 1. The molecule has 0 aliphatic carbocycles. The van der Waals surface area contributed by atoms with Crippen molar-refractivity contribution in [2.24, 2.45) is 0 Å². The highest BCUT2D eigenvalue weighted by Crippen LogP contribution is 2.37. The minimum absolute atomic E-state index is 0.0483. The lowest BCUT2D eigenvalue weighted by Gasteiger charge is -2.23. The van der Waals surface area contributed by atoms with Crippen molar-refractivity contribution in [1.82, 2.24) is 24.5 Å². The Bertz CT molecular complexity index is 1600. The number of imidazole rings is 1. The zero-order chi connectivity index (χ0) is 30.0. The summed E-state index contributed by atoms with van der Waals surface area (Å²) < 4.78 is 25.8. The Morgan fingerprint density at radius 2 is 1.83 bits per heavy atom. The molecular weight excluding hydrogens is 608 g/mol. The number of hydrogen-bond acceptors (Lipinski definition) is 14. The monoisotopic (exact) mass is 634 g/mol. The molecule has 1 fully saturated rings. The molecule has 0 spiro atoms. The summed E-state index contributed by atoms with van der Waals surface area (Å²) in [6.07, 6.45) is -2.68. The number of para-hydroxylation sites is 1. The molecule has 16 heteroatoms. The largest absolute Gasteiger partial charge is 0.463 e. The van der Waals surface area contributed by atoms with Crippen molar-refractivity contribution in [1.29, 1.82) is 0 Å². The third-order valence-electron chi connectivity index (χ3n) is 6.12. The number of esters is 3. The Kier molecular flexibility index (Phi) is 9.11. The summed E-state index contributed by atoms with van der Waals surface area (Å²) in [6, 6.07) is 7.93. The highest BCUT2D eigenvalue weighted by Gasteiger charge is 2.51. The van der Waals surface area contributed by atoms with Gasteiger partial charge >= 0.3 is 17.9 Å². The van der Waals surface area contributed by atoms with Crippen LogP contribution in [0.4, 0.5) is 5.82 Å². The molecule has 4 aromatic rings. The van der Waals surface area contributed by atoms with Crippen molar-refractivity contribution < 1.29 is 33.3 Å². The first-order valence-electron chi connectivity index (χ1n) is 12.9. The van der Waals surface area contributed by atoms with E-state index >= 15 is 0 Å². The van der Waals surface area contributed by atoms with E-state index in [2.05, 4.69) is 25.3 Å². The van der Waals surface area contributed by atoms with Crippen LogP contribution >= 0.6 is 34.7 Å². The molecule has 42 heavy (non-hydrogen) atoms. The molecule has 0 bridgehead atoms. The van der Waals surface area contributed by atoms with Crippen LogP contribution in [0.15, 0.2) is 34.9 Å². The maximum absolute atomic E-state index is 12.0. The number of anilines is 1. The maximum Gasteiger partial charge on any atom is 0.303 e. The number of aromatic nitrogens is 5. The molecule has 1 aliphatic heterocycles. The Hall–Kier alpha value is -3.53. The van der Waals surface area contributed by atoms with Crippen LogP contribution in [0.3, 0.4) is 0 Å². The van der Waals surface area contributed by atoms with Gasteiger partial charge in [-0.1, -0.05) is 23.9 Å². The summed E-state index contributed by atoms with van der Waals surface area (Å²) in [6.45, 7) is 5.45. The molecule has 1 aliphatic rings. The normalized spacial score (nSPS) is 20.9. The van der Waals surface area contributed by atoms with Gasteiger partial charge < -0.3 is 24.3 Å². The van der Waals surface area contributed by atoms with Crippen LogP contribution < -0.4 is 5.32 Å². The summed E-state index contributed by atoms with van der Waals surface area (Å²) in [5, 5.41) is 3.30. The smallest absolute Gasteiger partial charge is 0.303 e.